The van der Waals surface area contributed by atoms with E-state index in [2.05, 4.69) is 10.3 Å². The molecule has 1 rings (SSSR count). The quantitative estimate of drug-likeness (QED) is 0.550. The van der Waals surface area contributed by atoms with Crippen molar-refractivity contribution in [3.8, 4) is 0 Å². The van der Waals surface area contributed by atoms with Gasteiger partial charge in [0.1, 0.15) is 11.6 Å². The first-order chi connectivity index (χ1) is 9.22. The van der Waals surface area contributed by atoms with Crippen molar-refractivity contribution < 1.29 is 19.5 Å². The zero-order chi connectivity index (χ0) is 15.4. The smallest absolute Gasteiger partial charge is 0.326 e. The van der Waals surface area contributed by atoms with Crippen molar-refractivity contribution in [2.45, 2.75) is 26.3 Å². The van der Waals surface area contributed by atoms with Gasteiger partial charge in [0.05, 0.1) is 6.42 Å². The third-order valence-electron chi connectivity index (χ3n) is 2.60. The Morgan fingerprint density at radius 2 is 2.00 bits per heavy atom. The normalized spacial score (nSPS) is 11.7. The van der Waals surface area contributed by atoms with Crippen molar-refractivity contribution in [1.29, 1.82) is 0 Å². The molecule has 1 atom stereocenters. The highest BCUT2D eigenvalue weighted by atomic mass is 16.4. The number of hydrogen-bond acceptors (Lipinski definition) is 4. The number of nitrogens with one attached hydrogen (secondary N) is 2. The lowest BCUT2D eigenvalue weighted by molar-refractivity contribution is -0.140. The molecule has 0 radical (unpaired) electrons. The molecular formula is C12H15N3O5. The topological polar surface area (TPSA) is 142 Å². The molecule has 108 valence electrons. The van der Waals surface area contributed by atoms with E-state index in [4.69, 9.17) is 10.8 Å². The third-order valence-corrected chi connectivity index (χ3v) is 2.60. The molecule has 0 spiro atoms. The van der Waals surface area contributed by atoms with Crippen LogP contribution in [0.25, 0.3) is 0 Å². The number of carbonyl (C=O) groups is 3. The van der Waals surface area contributed by atoms with Crippen LogP contribution in [-0.2, 0) is 9.59 Å². The molecule has 0 bridgehead atoms. The standard InChI is InChI=1S/C12H15N3O5/c1-5-3-6(2)14-10(17)9(5)11(18)15-7(12(19)20)4-8(13)16/h3,7H,4H2,1-2H3,(H2,13,16)(H,14,17)(H,15,18)(H,19,20). The van der Waals surface area contributed by atoms with Crippen LogP contribution in [0.4, 0.5) is 0 Å². The molecule has 0 aliphatic rings. The van der Waals surface area contributed by atoms with Gasteiger partial charge in [-0.2, -0.15) is 0 Å². The average molecular weight is 281 g/mol. The van der Waals surface area contributed by atoms with Gasteiger partial charge in [0.15, 0.2) is 0 Å². The molecule has 1 aromatic rings. The number of aromatic amines is 1. The number of nitrogens with two attached hydrogens (primary N) is 1. The Labute approximate surface area is 114 Å². The number of aliphatic carboxylic acids is 1. The molecule has 1 unspecified atom stereocenters. The fraction of sp³-hybridized carbons (Fsp3) is 0.333. The van der Waals surface area contributed by atoms with Crippen molar-refractivity contribution in [1.82, 2.24) is 10.3 Å². The summed E-state index contributed by atoms with van der Waals surface area (Å²) in [6, 6.07) is 0.111. The van der Waals surface area contributed by atoms with Crippen LogP contribution in [0, 0.1) is 13.8 Å². The Balaban J connectivity index is 3.04. The number of rotatable bonds is 5. The summed E-state index contributed by atoms with van der Waals surface area (Å²) in [6.45, 7) is 3.21. The molecule has 8 heteroatoms. The molecule has 8 nitrogen and oxygen atoms in total. The minimum absolute atomic E-state index is 0.189. The number of aryl methyl sites for hydroxylation is 2. The monoisotopic (exact) mass is 281 g/mol. The summed E-state index contributed by atoms with van der Waals surface area (Å²) in [7, 11) is 0. The summed E-state index contributed by atoms with van der Waals surface area (Å²) in [4.78, 5) is 47.8. The lowest BCUT2D eigenvalue weighted by Gasteiger charge is -2.13. The van der Waals surface area contributed by atoms with Crippen molar-refractivity contribution >= 4 is 17.8 Å². The van der Waals surface area contributed by atoms with E-state index in [1.807, 2.05) is 0 Å². The molecular weight excluding hydrogens is 266 g/mol. The van der Waals surface area contributed by atoms with Gasteiger partial charge in [-0.3, -0.25) is 14.4 Å². The highest BCUT2D eigenvalue weighted by Gasteiger charge is 2.24. The number of primary amides is 1. The molecule has 5 N–H and O–H groups in total. The van der Waals surface area contributed by atoms with E-state index in [1.54, 1.807) is 19.9 Å². The molecule has 0 aliphatic heterocycles. The molecule has 20 heavy (non-hydrogen) atoms. The first-order valence-electron chi connectivity index (χ1n) is 5.75. The van der Waals surface area contributed by atoms with Crippen molar-refractivity contribution in [3.63, 3.8) is 0 Å². The second-order valence-corrected chi connectivity index (χ2v) is 4.37. The van der Waals surface area contributed by atoms with Gasteiger partial charge >= 0.3 is 5.97 Å². The zero-order valence-electron chi connectivity index (χ0n) is 11.0. The third kappa shape index (κ3) is 3.67. The second-order valence-electron chi connectivity index (χ2n) is 4.37. The van der Waals surface area contributed by atoms with Gasteiger partial charge in [-0.1, -0.05) is 0 Å². The van der Waals surface area contributed by atoms with Gasteiger partial charge in [0.25, 0.3) is 11.5 Å². The van der Waals surface area contributed by atoms with Gasteiger partial charge in [0.2, 0.25) is 5.91 Å². The van der Waals surface area contributed by atoms with Gasteiger partial charge < -0.3 is 21.1 Å². The fourth-order valence-electron chi connectivity index (χ4n) is 1.77. The van der Waals surface area contributed by atoms with Crippen LogP contribution < -0.4 is 16.6 Å². The Hall–Kier alpha value is -2.64. The Bertz CT molecular complexity index is 620. The molecule has 1 aromatic heterocycles. The summed E-state index contributed by atoms with van der Waals surface area (Å²) >= 11 is 0. The predicted octanol–water partition coefficient (Wildman–Crippen LogP) is -0.950. The molecule has 1 heterocycles. The zero-order valence-corrected chi connectivity index (χ0v) is 11.0. The van der Waals surface area contributed by atoms with E-state index in [0.717, 1.165) is 0 Å². The number of carboxylic acid groups (broad SMARTS) is 1. The van der Waals surface area contributed by atoms with E-state index in [1.165, 1.54) is 0 Å². The first kappa shape index (κ1) is 15.4. The minimum Gasteiger partial charge on any atom is -0.480 e. The largest absolute Gasteiger partial charge is 0.480 e. The number of H-pyrrole nitrogens is 1. The minimum atomic E-state index is -1.47. The van der Waals surface area contributed by atoms with Gasteiger partial charge in [0, 0.05) is 5.69 Å². The number of carboxylic acids is 1. The van der Waals surface area contributed by atoms with Crippen LogP contribution in [0.3, 0.4) is 0 Å². The van der Waals surface area contributed by atoms with E-state index in [0.29, 0.717) is 11.3 Å². The molecule has 2 amide bonds. The van der Waals surface area contributed by atoms with Crippen molar-refractivity contribution in [2.75, 3.05) is 0 Å². The fourth-order valence-corrected chi connectivity index (χ4v) is 1.77. The van der Waals surface area contributed by atoms with E-state index < -0.39 is 35.8 Å². The van der Waals surface area contributed by atoms with Crippen LogP contribution in [0.5, 0.6) is 0 Å². The van der Waals surface area contributed by atoms with E-state index in [9.17, 15) is 19.2 Å². The Morgan fingerprint density at radius 1 is 1.40 bits per heavy atom. The van der Waals surface area contributed by atoms with E-state index in [-0.39, 0.29) is 5.56 Å². The van der Waals surface area contributed by atoms with E-state index >= 15 is 0 Å². The maximum absolute atomic E-state index is 11.9. The number of amides is 2. The SMILES string of the molecule is Cc1cc(C)c(C(=O)NC(CC(N)=O)C(=O)O)c(=O)[nH]1. The van der Waals surface area contributed by atoms with Crippen LogP contribution >= 0.6 is 0 Å². The summed E-state index contributed by atoms with van der Waals surface area (Å²) < 4.78 is 0. The number of carbonyl (C=O) groups excluding carboxylic acids is 2. The Morgan fingerprint density at radius 3 is 2.45 bits per heavy atom. The van der Waals surface area contributed by atoms with Crippen LogP contribution in [0.1, 0.15) is 28.0 Å². The summed E-state index contributed by atoms with van der Waals surface area (Å²) in [5, 5.41) is 11.0. The number of pyridine rings is 1. The first-order valence-corrected chi connectivity index (χ1v) is 5.75. The van der Waals surface area contributed by atoms with Crippen molar-refractivity contribution in [2.24, 2.45) is 5.73 Å². The second kappa shape index (κ2) is 6.00. The number of aromatic nitrogens is 1. The highest BCUT2D eigenvalue weighted by molar-refractivity contribution is 5.98. The highest BCUT2D eigenvalue weighted by Crippen LogP contribution is 2.04. The van der Waals surface area contributed by atoms with Gasteiger partial charge in [-0.05, 0) is 25.5 Å². The molecule has 0 aromatic carbocycles. The van der Waals surface area contributed by atoms with Crippen molar-refractivity contribution in [3.05, 3.63) is 33.2 Å². The average Bonchev–Trinajstić information content (AvgIpc) is 2.25. The maximum Gasteiger partial charge on any atom is 0.326 e. The summed E-state index contributed by atoms with van der Waals surface area (Å²) in [5.41, 5.74) is 5.08. The number of hydrogen-bond donors (Lipinski definition) is 4. The van der Waals surface area contributed by atoms with Crippen LogP contribution in [-0.4, -0.2) is 33.9 Å². The summed E-state index contributed by atoms with van der Waals surface area (Å²) in [5.74, 6) is -3.14. The lowest BCUT2D eigenvalue weighted by atomic mass is 10.1. The molecule has 0 fully saturated rings. The molecule has 0 saturated carbocycles. The maximum atomic E-state index is 11.9. The molecule has 0 aliphatic carbocycles. The van der Waals surface area contributed by atoms with Crippen LogP contribution in [0.15, 0.2) is 10.9 Å². The van der Waals surface area contributed by atoms with Gasteiger partial charge in [-0.25, -0.2) is 4.79 Å². The van der Waals surface area contributed by atoms with Crippen LogP contribution in [0.2, 0.25) is 0 Å². The predicted molar refractivity (Wildman–Crippen MR) is 69.2 cm³/mol. The van der Waals surface area contributed by atoms with Gasteiger partial charge in [-0.15, -0.1) is 0 Å². The molecule has 0 saturated heterocycles. The lowest BCUT2D eigenvalue weighted by Crippen LogP contribution is -2.45. The summed E-state index contributed by atoms with van der Waals surface area (Å²) in [6.07, 6.45) is -0.552. The Kier molecular flexibility index (Phi) is 4.63.